The fourth-order valence-corrected chi connectivity index (χ4v) is 8.47. The van der Waals surface area contributed by atoms with Crippen LogP contribution in [-0.2, 0) is 33.4 Å². The van der Waals surface area contributed by atoms with E-state index >= 15 is 0 Å². The van der Waals surface area contributed by atoms with E-state index in [1.165, 1.54) is 4.90 Å². The predicted octanol–water partition coefficient (Wildman–Crippen LogP) is 1.83. The highest BCUT2D eigenvalue weighted by Gasteiger charge is 2.77. The fraction of sp³-hybridized carbons (Fsp3) is 0.600. The predicted molar refractivity (Wildman–Crippen MR) is 181 cm³/mol. The number of ether oxygens (including phenoxy) is 3. The van der Waals surface area contributed by atoms with Gasteiger partial charge in [-0.15, -0.1) is 13.2 Å². The van der Waals surface area contributed by atoms with Gasteiger partial charge >= 0.3 is 5.97 Å². The van der Waals surface area contributed by atoms with Crippen molar-refractivity contribution in [3.05, 3.63) is 61.2 Å². The van der Waals surface area contributed by atoms with E-state index in [1.54, 1.807) is 24.0 Å². The summed E-state index contributed by atoms with van der Waals surface area (Å²) < 4.78 is 18.2. The number of aliphatic hydroxyl groups excluding tert-OH is 1. The van der Waals surface area contributed by atoms with Crippen LogP contribution in [-0.4, -0.2) is 131 Å². The minimum absolute atomic E-state index is 0.0416. The second-order valence-electron chi connectivity index (χ2n) is 12.9. The largest absolute Gasteiger partial charge is 0.455 e. The molecule has 4 aliphatic rings. The van der Waals surface area contributed by atoms with E-state index in [9.17, 15) is 24.3 Å². The molecular formula is C35H47BrN4O8. The zero-order chi connectivity index (χ0) is 34.4. The zero-order valence-corrected chi connectivity index (χ0v) is 29.1. The summed E-state index contributed by atoms with van der Waals surface area (Å²) in [6.45, 7) is 13.0. The van der Waals surface area contributed by atoms with Crippen molar-refractivity contribution < 1.29 is 38.5 Å². The van der Waals surface area contributed by atoms with Crippen molar-refractivity contribution >= 4 is 39.6 Å². The second kappa shape index (κ2) is 16.1. The molecule has 0 radical (unpaired) electrons. The summed E-state index contributed by atoms with van der Waals surface area (Å²) in [5.41, 5.74) is -0.620. The topological polar surface area (TPSA) is 138 Å². The molecule has 48 heavy (non-hydrogen) atoms. The van der Waals surface area contributed by atoms with Crippen LogP contribution >= 0.6 is 15.9 Å². The lowest BCUT2D eigenvalue weighted by Gasteiger charge is -2.39. The van der Waals surface area contributed by atoms with Gasteiger partial charge in [-0.2, -0.15) is 0 Å². The van der Waals surface area contributed by atoms with Crippen molar-refractivity contribution in [1.82, 2.24) is 20.0 Å². The molecule has 13 heteroatoms. The summed E-state index contributed by atoms with van der Waals surface area (Å²) in [6, 6.07) is 7.34. The van der Waals surface area contributed by atoms with Crippen molar-refractivity contribution in [1.29, 1.82) is 0 Å². The molecule has 1 spiro atoms. The third-order valence-corrected chi connectivity index (χ3v) is 10.8. The SMILES string of the molecule is C=CCCC(=O)NC[C@H](OC(=O)[C@H]1[C@@H]2O[C@@]3(CC2Br)[C@@H]1C(=O)N([C@H](C)CO)[C@@H]3C(=O)N(CC=C)CCN1CCOCC1)c1ccccc1. The first kappa shape index (κ1) is 36.2. The zero-order valence-electron chi connectivity index (χ0n) is 27.5. The van der Waals surface area contributed by atoms with Crippen molar-refractivity contribution in [2.45, 2.75) is 60.9 Å². The monoisotopic (exact) mass is 730 g/mol. The number of halogens is 1. The quantitative estimate of drug-likeness (QED) is 0.148. The van der Waals surface area contributed by atoms with Crippen LogP contribution in [0.15, 0.2) is 55.6 Å². The van der Waals surface area contributed by atoms with Crippen LogP contribution in [0.1, 0.15) is 37.9 Å². The summed E-state index contributed by atoms with van der Waals surface area (Å²) in [5.74, 6) is -3.56. The standard InChI is InChI=1S/C35H47BrN4O8/c1-4-6-12-27(42)37-21-26(24-10-8-7-9-11-24)47-34(45)28-29-32(43)40(23(3)22-41)31(35(29)20-25(36)30(28)48-35)33(44)39(13-5-2)15-14-38-16-18-46-19-17-38/h4-5,7-11,23,25-26,28-31,41H,1-2,6,12-22H2,3H3,(H,37,42)/t23-,25?,26+,28-,29+,30-,31-,35+/m1/s1. The van der Waals surface area contributed by atoms with E-state index in [1.807, 2.05) is 30.3 Å². The maximum absolute atomic E-state index is 14.6. The molecule has 3 amide bonds. The first-order valence-electron chi connectivity index (χ1n) is 16.7. The van der Waals surface area contributed by atoms with Crippen LogP contribution in [0.3, 0.4) is 0 Å². The summed E-state index contributed by atoms with van der Waals surface area (Å²) in [6.07, 6.45) is 2.88. The van der Waals surface area contributed by atoms with Gasteiger partial charge in [-0.05, 0) is 25.3 Å². The third kappa shape index (κ3) is 7.25. The van der Waals surface area contributed by atoms with Crippen molar-refractivity contribution in [3.8, 4) is 0 Å². The number of benzene rings is 1. The lowest BCUT2D eigenvalue weighted by atomic mass is 9.70. The van der Waals surface area contributed by atoms with Crippen LogP contribution in [0.2, 0.25) is 0 Å². The van der Waals surface area contributed by atoms with Gasteiger partial charge in [0.05, 0.1) is 50.3 Å². The van der Waals surface area contributed by atoms with E-state index in [-0.39, 0.29) is 42.8 Å². The number of carbonyl (C=O) groups excluding carboxylic acids is 4. The minimum atomic E-state index is -1.31. The van der Waals surface area contributed by atoms with Crippen LogP contribution in [0.5, 0.6) is 0 Å². The number of amides is 3. The number of alkyl halides is 1. The Morgan fingerprint density at radius 1 is 1.21 bits per heavy atom. The maximum Gasteiger partial charge on any atom is 0.313 e. The Morgan fingerprint density at radius 2 is 1.94 bits per heavy atom. The molecule has 0 aliphatic carbocycles. The van der Waals surface area contributed by atoms with Gasteiger partial charge in [0.15, 0.2) is 0 Å². The molecule has 2 N–H and O–H groups in total. The van der Waals surface area contributed by atoms with Crippen LogP contribution in [0.25, 0.3) is 0 Å². The molecule has 4 fully saturated rings. The van der Waals surface area contributed by atoms with Gasteiger partial charge in [0.2, 0.25) is 17.7 Å². The number of nitrogens with zero attached hydrogens (tertiary/aromatic N) is 3. The highest BCUT2D eigenvalue weighted by Crippen LogP contribution is 2.60. The Kier molecular flexibility index (Phi) is 12.1. The average Bonchev–Trinajstić information content (AvgIpc) is 3.70. The molecule has 8 atom stereocenters. The number of hydrogen-bond donors (Lipinski definition) is 2. The van der Waals surface area contributed by atoms with Crippen molar-refractivity contribution in [2.24, 2.45) is 11.8 Å². The number of morpholine rings is 1. The number of aliphatic hydroxyl groups is 1. The number of hydrogen-bond acceptors (Lipinski definition) is 9. The summed E-state index contributed by atoms with van der Waals surface area (Å²) in [5, 5.41) is 13.1. The Balaban J connectivity index is 1.42. The number of carbonyl (C=O) groups is 4. The van der Waals surface area contributed by atoms with Crippen LogP contribution in [0, 0.1) is 11.8 Å². The highest BCUT2D eigenvalue weighted by atomic mass is 79.9. The molecule has 1 aromatic carbocycles. The normalized spacial score (nSPS) is 29.2. The van der Waals surface area contributed by atoms with Crippen molar-refractivity contribution in [2.75, 3.05) is 59.1 Å². The maximum atomic E-state index is 14.6. The fourth-order valence-electron chi connectivity index (χ4n) is 7.53. The molecule has 262 valence electrons. The number of rotatable bonds is 16. The third-order valence-electron chi connectivity index (χ3n) is 9.91. The first-order valence-corrected chi connectivity index (χ1v) is 17.7. The number of esters is 1. The molecule has 4 aliphatic heterocycles. The summed E-state index contributed by atoms with van der Waals surface area (Å²) in [4.78, 5) is 60.6. The van der Waals surface area contributed by atoms with Gasteiger partial charge in [0.1, 0.15) is 17.7 Å². The number of allylic oxidation sites excluding steroid dienone is 1. The first-order chi connectivity index (χ1) is 23.2. The Morgan fingerprint density at radius 3 is 2.60 bits per heavy atom. The highest BCUT2D eigenvalue weighted by molar-refractivity contribution is 9.09. The molecule has 1 unspecified atom stereocenters. The average molecular weight is 732 g/mol. The smallest absolute Gasteiger partial charge is 0.313 e. The molecule has 4 heterocycles. The van der Waals surface area contributed by atoms with Gasteiger partial charge in [-0.1, -0.05) is 58.4 Å². The Bertz CT molecular complexity index is 1340. The van der Waals surface area contributed by atoms with Crippen LogP contribution in [0.4, 0.5) is 0 Å². The van der Waals surface area contributed by atoms with E-state index in [2.05, 4.69) is 39.3 Å². The molecule has 0 saturated carbocycles. The van der Waals surface area contributed by atoms with Gasteiger partial charge in [-0.25, -0.2) is 0 Å². The number of nitrogens with one attached hydrogen (secondary N) is 1. The van der Waals surface area contributed by atoms with E-state index in [4.69, 9.17) is 14.2 Å². The molecule has 1 aromatic rings. The van der Waals surface area contributed by atoms with Gasteiger partial charge in [-0.3, -0.25) is 24.1 Å². The Labute approximate surface area is 290 Å². The second-order valence-corrected chi connectivity index (χ2v) is 14.1. The molecule has 12 nitrogen and oxygen atoms in total. The lowest BCUT2D eigenvalue weighted by molar-refractivity contribution is -0.161. The summed E-state index contributed by atoms with van der Waals surface area (Å²) >= 11 is 3.70. The van der Waals surface area contributed by atoms with Crippen molar-refractivity contribution in [3.63, 3.8) is 0 Å². The van der Waals surface area contributed by atoms with E-state index < -0.39 is 53.6 Å². The molecule has 5 rings (SSSR count). The number of fused-ring (bicyclic) bond motifs is 1. The lowest BCUT2D eigenvalue weighted by Crippen LogP contribution is -2.59. The summed E-state index contributed by atoms with van der Waals surface area (Å²) in [7, 11) is 0. The molecule has 0 aromatic heterocycles. The Hall–Kier alpha value is -3.10. The minimum Gasteiger partial charge on any atom is -0.455 e. The molecular weight excluding hydrogens is 684 g/mol. The van der Waals surface area contributed by atoms with Gasteiger partial charge < -0.3 is 34.4 Å². The van der Waals surface area contributed by atoms with E-state index in [0.717, 1.165) is 13.1 Å². The van der Waals surface area contributed by atoms with Crippen LogP contribution < -0.4 is 5.32 Å². The number of likely N-dealkylation sites (tertiary alicyclic amines) is 1. The van der Waals surface area contributed by atoms with Gasteiger partial charge in [0, 0.05) is 44.0 Å². The molecule has 4 saturated heterocycles. The van der Waals surface area contributed by atoms with E-state index in [0.29, 0.717) is 44.7 Å². The van der Waals surface area contributed by atoms with Gasteiger partial charge in [0.25, 0.3) is 0 Å². The molecule has 2 bridgehead atoms.